The predicted octanol–water partition coefficient (Wildman–Crippen LogP) is 1.22. The van der Waals surface area contributed by atoms with Crippen LogP contribution in [0.15, 0.2) is 0 Å². The molecule has 0 bridgehead atoms. The summed E-state index contributed by atoms with van der Waals surface area (Å²) < 4.78 is 5.14. The van der Waals surface area contributed by atoms with Crippen LogP contribution in [0, 0.1) is 0 Å². The van der Waals surface area contributed by atoms with E-state index in [1.165, 1.54) is 12.8 Å². The van der Waals surface area contributed by atoms with Crippen LogP contribution in [-0.2, 0) is 4.74 Å². The zero-order valence-electron chi connectivity index (χ0n) is 9.70. The van der Waals surface area contributed by atoms with Gasteiger partial charge in [0.25, 0.3) is 0 Å². The molecule has 0 spiro atoms. The highest BCUT2D eigenvalue weighted by atomic mass is 16.5. The molecule has 0 amide bonds. The van der Waals surface area contributed by atoms with Crippen molar-refractivity contribution < 1.29 is 4.74 Å². The summed E-state index contributed by atoms with van der Waals surface area (Å²) in [6.07, 6.45) is 3.59. The van der Waals surface area contributed by atoms with E-state index >= 15 is 0 Å². The minimum atomic E-state index is 0.420. The van der Waals surface area contributed by atoms with Crippen molar-refractivity contribution in [3.05, 3.63) is 0 Å². The third-order valence-corrected chi connectivity index (χ3v) is 3.13. The van der Waals surface area contributed by atoms with Crippen molar-refractivity contribution in [2.45, 2.75) is 51.2 Å². The molecule has 2 unspecified atom stereocenters. The summed E-state index contributed by atoms with van der Waals surface area (Å²) in [5.41, 5.74) is 5.93. The fraction of sp³-hybridized carbons (Fsp3) is 1.00. The lowest BCUT2D eigenvalue weighted by molar-refractivity contribution is 0.0969. The maximum absolute atomic E-state index is 5.93. The summed E-state index contributed by atoms with van der Waals surface area (Å²) in [5, 5.41) is 0. The molecule has 1 aliphatic rings. The van der Waals surface area contributed by atoms with Crippen molar-refractivity contribution in [2.75, 3.05) is 20.3 Å². The molecule has 84 valence electrons. The Morgan fingerprint density at radius 1 is 1.43 bits per heavy atom. The van der Waals surface area contributed by atoms with Gasteiger partial charge in [-0.15, -0.1) is 0 Å². The normalized spacial score (nSPS) is 27.9. The van der Waals surface area contributed by atoms with Gasteiger partial charge in [-0.25, -0.2) is 0 Å². The van der Waals surface area contributed by atoms with Crippen molar-refractivity contribution >= 4 is 0 Å². The van der Waals surface area contributed by atoms with Gasteiger partial charge in [0.15, 0.2) is 0 Å². The van der Waals surface area contributed by atoms with E-state index in [1.807, 2.05) is 0 Å². The van der Waals surface area contributed by atoms with Crippen molar-refractivity contribution in [3.8, 4) is 0 Å². The molecule has 0 aromatic rings. The van der Waals surface area contributed by atoms with Crippen LogP contribution in [0.25, 0.3) is 0 Å². The third-order valence-electron chi connectivity index (χ3n) is 3.13. The molecule has 0 aliphatic heterocycles. The number of hydrogen-bond donors (Lipinski definition) is 1. The number of nitrogens with two attached hydrogens (primary N) is 1. The molecule has 1 aliphatic carbocycles. The average molecular weight is 200 g/mol. The molecule has 3 heteroatoms. The molecule has 3 nitrogen and oxygen atoms in total. The first-order chi connectivity index (χ1) is 6.65. The Morgan fingerprint density at radius 3 is 2.57 bits per heavy atom. The number of rotatable bonds is 5. The van der Waals surface area contributed by atoms with Gasteiger partial charge in [0, 0.05) is 31.8 Å². The van der Waals surface area contributed by atoms with E-state index in [2.05, 4.69) is 18.7 Å². The number of methoxy groups -OCH3 is 1. The molecule has 1 fully saturated rings. The first kappa shape index (κ1) is 12.0. The van der Waals surface area contributed by atoms with E-state index in [4.69, 9.17) is 10.5 Å². The molecule has 0 aromatic carbocycles. The van der Waals surface area contributed by atoms with Crippen molar-refractivity contribution in [1.82, 2.24) is 4.90 Å². The van der Waals surface area contributed by atoms with E-state index in [9.17, 15) is 0 Å². The summed E-state index contributed by atoms with van der Waals surface area (Å²) in [5.74, 6) is 0. The van der Waals surface area contributed by atoms with Crippen LogP contribution >= 0.6 is 0 Å². The summed E-state index contributed by atoms with van der Waals surface area (Å²) in [4.78, 5) is 2.52. The van der Waals surface area contributed by atoms with Gasteiger partial charge in [0.2, 0.25) is 0 Å². The average Bonchev–Trinajstić information content (AvgIpc) is 2.52. The lowest BCUT2D eigenvalue weighted by Gasteiger charge is -2.32. The van der Waals surface area contributed by atoms with Gasteiger partial charge in [0.1, 0.15) is 0 Å². The first-order valence-electron chi connectivity index (χ1n) is 5.65. The lowest BCUT2D eigenvalue weighted by Crippen LogP contribution is -2.41. The van der Waals surface area contributed by atoms with Gasteiger partial charge >= 0.3 is 0 Å². The smallest absolute Gasteiger partial charge is 0.0589 e. The SMILES string of the molecule is COCCN(C(C)C)C1CCC(N)C1. The summed E-state index contributed by atoms with van der Waals surface area (Å²) >= 11 is 0. The molecule has 1 saturated carbocycles. The number of nitrogens with zero attached hydrogens (tertiary/aromatic N) is 1. The molecular weight excluding hydrogens is 176 g/mol. The number of hydrogen-bond acceptors (Lipinski definition) is 3. The standard InChI is InChI=1S/C11H24N2O/c1-9(2)13(6-7-14-3)11-5-4-10(12)8-11/h9-11H,4-8,12H2,1-3H3. The molecular formula is C11H24N2O. The Hall–Kier alpha value is -0.120. The second-order valence-electron chi connectivity index (χ2n) is 4.55. The Morgan fingerprint density at radius 2 is 2.14 bits per heavy atom. The molecule has 0 aromatic heterocycles. The highest BCUT2D eigenvalue weighted by Crippen LogP contribution is 2.24. The highest BCUT2D eigenvalue weighted by molar-refractivity contribution is 4.86. The Balaban J connectivity index is 2.41. The van der Waals surface area contributed by atoms with Crippen molar-refractivity contribution in [1.29, 1.82) is 0 Å². The van der Waals surface area contributed by atoms with E-state index in [0.29, 0.717) is 18.1 Å². The molecule has 0 saturated heterocycles. The Bertz CT molecular complexity index is 161. The van der Waals surface area contributed by atoms with Gasteiger partial charge in [-0.2, -0.15) is 0 Å². The molecule has 1 rings (SSSR count). The maximum atomic E-state index is 5.93. The summed E-state index contributed by atoms with van der Waals surface area (Å²) in [6, 6.07) is 1.70. The third kappa shape index (κ3) is 3.23. The Kier molecular flexibility index (Phi) is 4.85. The van der Waals surface area contributed by atoms with Crippen LogP contribution in [0.4, 0.5) is 0 Å². The topological polar surface area (TPSA) is 38.5 Å². The second kappa shape index (κ2) is 5.69. The fourth-order valence-electron chi connectivity index (χ4n) is 2.35. The van der Waals surface area contributed by atoms with E-state index in [0.717, 1.165) is 19.6 Å². The van der Waals surface area contributed by atoms with Crippen LogP contribution < -0.4 is 5.73 Å². The quantitative estimate of drug-likeness (QED) is 0.725. The van der Waals surface area contributed by atoms with E-state index < -0.39 is 0 Å². The lowest BCUT2D eigenvalue weighted by atomic mass is 10.1. The molecule has 2 N–H and O–H groups in total. The van der Waals surface area contributed by atoms with Gasteiger partial charge < -0.3 is 10.5 Å². The monoisotopic (exact) mass is 200 g/mol. The predicted molar refractivity (Wildman–Crippen MR) is 59.3 cm³/mol. The van der Waals surface area contributed by atoms with E-state index in [1.54, 1.807) is 7.11 Å². The molecule has 0 heterocycles. The van der Waals surface area contributed by atoms with E-state index in [-0.39, 0.29) is 0 Å². The van der Waals surface area contributed by atoms with Crippen LogP contribution in [0.3, 0.4) is 0 Å². The minimum Gasteiger partial charge on any atom is -0.383 e. The largest absolute Gasteiger partial charge is 0.383 e. The van der Waals surface area contributed by atoms with Crippen LogP contribution in [-0.4, -0.2) is 43.3 Å². The van der Waals surface area contributed by atoms with Crippen molar-refractivity contribution in [2.24, 2.45) is 5.73 Å². The summed E-state index contributed by atoms with van der Waals surface area (Å²) in [6.45, 7) is 6.36. The van der Waals surface area contributed by atoms with Crippen LogP contribution in [0.1, 0.15) is 33.1 Å². The Labute approximate surface area is 87.6 Å². The molecule has 14 heavy (non-hydrogen) atoms. The molecule has 0 radical (unpaired) electrons. The van der Waals surface area contributed by atoms with Gasteiger partial charge in [-0.05, 0) is 33.1 Å². The minimum absolute atomic E-state index is 0.420. The maximum Gasteiger partial charge on any atom is 0.0589 e. The summed E-state index contributed by atoms with van der Waals surface area (Å²) in [7, 11) is 1.76. The van der Waals surface area contributed by atoms with Gasteiger partial charge in [0.05, 0.1) is 6.61 Å². The number of ether oxygens (including phenoxy) is 1. The van der Waals surface area contributed by atoms with Gasteiger partial charge in [-0.3, -0.25) is 4.90 Å². The van der Waals surface area contributed by atoms with Crippen LogP contribution in [0.5, 0.6) is 0 Å². The first-order valence-corrected chi connectivity index (χ1v) is 5.65. The second-order valence-corrected chi connectivity index (χ2v) is 4.55. The van der Waals surface area contributed by atoms with Crippen LogP contribution in [0.2, 0.25) is 0 Å². The zero-order chi connectivity index (χ0) is 10.6. The molecule has 2 atom stereocenters. The van der Waals surface area contributed by atoms with Crippen molar-refractivity contribution in [3.63, 3.8) is 0 Å². The van der Waals surface area contributed by atoms with Gasteiger partial charge in [-0.1, -0.05) is 0 Å². The zero-order valence-corrected chi connectivity index (χ0v) is 9.70. The highest BCUT2D eigenvalue weighted by Gasteiger charge is 2.28. The fourth-order valence-corrected chi connectivity index (χ4v) is 2.35.